The molecule has 1 fully saturated rings. The van der Waals surface area contributed by atoms with Gasteiger partial charge in [-0.25, -0.2) is 0 Å². The van der Waals surface area contributed by atoms with Crippen LogP contribution in [0.5, 0.6) is 5.75 Å². The molecule has 3 heteroatoms. The minimum absolute atomic E-state index is 0.181. The minimum Gasteiger partial charge on any atom is -0.497 e. The number of nitrogens with zero attached hydrogens (tertiary/aromatic N) is 1. The predicted octanol–water partition coefficient (Wildman–Crippen LogP) is 2.11. The summed E-state index contributed by atoms with van der Waals surface area (Å²) < 4.78 is 5.20. The van der Waals surface area contributed by atoms with Gasteiger partial charge in [-0.1, -0.05) is 6.07 Å². The Labute approximate surface area is 96.0 Å². The first-order valence-electron chi connectivity index (χ1n) is 5.68. The number of rotatable bonds is 3. The van der Waals surface area contributed by atoms with Gasteiger partial charge in [-0.05, 0) is 25.0 Å². The molecule has 0 bridgehead atoms. The second-order valence-corrected chi connectivity index (χ2v) is 4.19. The summed E-state index contributed by atoms with van der Waals surface area (Å²) in [5.74, 6) is 1.05. The van der Waals surface area contributed by atoms with Gasteiger partial charge in [-0.15, -0.1) is 0 Å². The summed E-state index contributed by atoms with van der Waals surface area (Å²) in [5, 5.41) is 0. The maximum atomic E-state index is 10.8. The normalized spacial score (nSPS) is 20.6. The van der Waals surface area contributed by atoms with Crippen molar-refractivity contribution in [1.82, 2.24) is 0 Å². The van der Waals surface area contributed by atoms with Crippen molar-refractivity contribution >= 4 is 12.0 Å². The third-order valence-corrected chi connectivity index (χ3v) is 3.07. The van der Waals surface area contributed by atoms with Crippen molar-refractivity contribution in [3.63, 3.8) is 0 Å². The van der Waals surface area contributed by atoms with Crippen molar-refractivity contribution in [3.8, 4) is 5.75 Å². The molecule has 1 saturated heterocycles. The molecule has 0 radical (unpaired) electrons. The van der Waals surface area contributed by atoms with Crippen molar-refractivity contribution in [2.45, 2.75) is 12.8 Å². The zero-order valence-corrected chi connectivity index (χ0v) is 9.56. The van der Waals surface area contributed by atoms with E-state index in [0.29, 0.717) is 0 Å². The Bertz CT molecular complexity index is 365. The third kappa shape index (κ3) is 2.35. The molecule has 1 aromatic rings. The van der Waals surface area contributed by atoms with E-state index < -0.39 is 0 Å². The number of carbonyl (C=O) groups is 1. The van der Waals surface area contributed by atoms with E-state index in [1.54, 1.807) is 7.11 Å². The summed E-state index contributed by atoms with van der Waals surface area (Å²) in [6.45, 7) is 1.86. The van der Waals surface area contributed by atoms with E-state index in [1.165, 1.54) is 0 Å². The van der Waals surface area contributed by atoms with Gasteiger partial charge in [0.1, 0.15) is 12.0 Å². The van der Waals surface area contributed by atoms with E-state index in [4.69, 9.17) is 4.74 Å². The maximum Gasteiger partial charge on any atom is 0.124 e. The fourth-order valence-electron chi connectivity index (χ4n) is 2.16. The SMILES string of the molecule is COc1cccc(N2CCCC(C=O)C2)c1. The molecule has 16 heavy (non-hydrogen) atoms. The number of aldehydes is 1. The highest BCUT2D eigenvalue weighted by Crippen LogP contribution is 2.25. The van der Waals surface area contributed by atoms with Gasteiger partial charge in [-0.2, -0.15) is 0 Å². The number of hydrogen-bond acceptors (Lipinski definition) is 3. The molecular formula is C13H17NO2. The second kappa shape index (κ2) is 5.01. The van der Waals surface area contributed by atoms with Crippen LogP contribution in [0.2, 0.25) is 0 Å². The number of piperidine rings is 1. The fraction of sp³-hybridized carbons (Fsp3) is 0.462. The molecule has 0 aliphatic carbocycles. The van der Waals surface area contributed by atoms with Crippen LogP contribution in [0.15, 0.2) is 24.3 Å². The standard InChI is InChI=1S/C13H17NO2/c1-16-13-6-2-5-12(8-13)14-7-3-4-11(9-14)10-15/h2,5-6,8,10-11H,3-4,7,9H2,1H3. The van der Waals surface area contributed by atoms with E-state index in [1.807, 2.05) is 18.2 Å². The number of benzene rings is 1. The van der Waals surface area contributed by atoms with E-state index in [-0.39, 0.29) is 5.92 Å². The molecule has 1 aliphatic heterocycles. The molecule has 86 valence electrons. The van der Waals surface area contributed by atoms with Crippen molar-refractivity contribution in [2.75, 3.05) is 25.1 Å². The van der Waals surface area contributed by atoms with E-state index >= 15 is 0 Å². The van der Waals surface area contributed by atoms with Crippen LogP contribution >= 0.6 is 0 Å². The van der Waals surface area contributed by atoms with Gasteiger partial charge >= 0.3 is 0 Å². The third-order valence-electron chi connectivity index (χ3n) is 3.07. The second-order valence-electron chi connectivity index (χ2n) is 4.19. The van der Waals surface area contributed by atoms with Crippen molar-refractivity contribution in [2.24, 2.45) is 5.92 Å². The molecule has 1 aliphatic rings. The number of hydrogen-bond donors (Lipinski definition) is 0. The highest BCUT2D eigenvalue weighted by Gasteiger charge is 2.19. The van der Waals surface area contributed by atoms with Gasteiger partial charge in [0.2, 0.25) is 0 Å². The first-order chi connectivity index (χ1) is 7.83. The summed E-state index contributed by atoms with van der Waals surface area (Å²) in [5.41, 5.74) is 1.14. The van der Waals surface area contributed by atoms with Gasteiger partial charge in [-0.3, -0.25) is 0 Å². The number of ether oxygens (including phenoxy) is 1. The molecule has 1 atom stereocenters. The Morgan fingerprint density at radius 2 is 2.38 bits per heavy atom. The zero-order valence-electron chi connectivity index (χ0n) is 9.56. The average Bonchev–Trinajstić information content (AvgIpc) is 2.39. The van der Waals surface area contributed by atoms with Crippen LogP contribution in [-0.2, 0) is 4.79 Å². The first kappa shape index (κ1) is 11.0. The Morgan fingerprint density at radius 1 is 1.50 bits per heavy atom. The molecule has 2 rings (SSSR count). The smallest absolute Gasteiger partial charge is 0.124 e. The number of carbonyl (C=O) groups excluding carboxylic acids is 1. The van der Waals surface area contributed by atoms with Crippen LogP contribution in [0.1, 0.15) is 12.8 Å². The highest BCUT2D eigenvalue weighted by atomic mass is 16.5. The molecular weight excluding hydrogens is 202 g/mol. The minimum atomic E-state index is 0.181. The monoisotopic (exact) mass is 219 g/mol. The fourth-order valence-corrected chi connectivity index (χ4v) is 2.16. The quantitative estimate of drug-likeness (QED) is 0.729. The Morgan fingerprint density at radius 3 is 3.12 bits per heavy atom. The van der Waals surface area contributed by atoms with Gasteiger partial charge < -0.3 is 14.4 Å². The van der Waals surface area contributed by atoms with Crippen molar-refractivity contribution in [3.05, 3.63) is 24.3 Å². The maximum absolute atomic E-state index is 10.8. The molecule has 1 aromatic carbocycles. The molecule has 3 nitrogen and oxygen atoms in total. The van der Waals surface area contributed by atoms with Gasteiger partial charge in [0.05, 0.1) is 7.11 Å². The summed E-state index contributed by atoms with van der Waals surface area (Å²) in [7, 11) is 1.67. The van der Waals surface area contributed by atoms with Gasteiger partial charge in [0.15, 0.2) is 0 Å². The number of methoxy groups -OCH3 is 1. The van der Waals surface area contributed by atoms with E-state index in [0.717, 1.165) is 43.7 Å². The van der Waals surface area contributed by atoms with Crippen molar-refractivity contribution < 1.29 is 9.53 Å². The van der Waals surface area contributed by atoms with Crippen LogP contribution in [0, 0.1) is 5.92 Å². The first-order valence-corrected chi connectivity index (χ1v) is 5.68. The van der Waals surface area contributed by atoms with E-state index in [2.05, 4.69) is 11.0 Å². The van der Waals surface area contributed by atoms with Crippen LogP contribution in [0.25, 0.3) is 0 Å². The Balaban J connectivity index is 2.13. The van der Waals surface area contributed by atoms with Crippen LogP contribution < -0.4 is 9.64 Å². The topological polar surface area (TPSA) is 29.5 Å². The lowest BCUT2D eigenvalue weighted by Crippen LogP contribution is -2.35. The summed E-state index contributed by atoms with van der Waals surface area (Å²) in [4.78, 5) is 13.1. The lowest BCUT2D eigenvalue weighted by molar-refractivity contribution is -0.111. The molecule has 1 heterocycles. The largest absolute Gasteiger partial charge is 0.497 e. The lowest BCUT2D eigenvalue weighted by atomic mass is 9.99. The van der Waals surface area contributed by atoms with Gasteiger partial charge in [0, 0.05) is 30.8 Å². The summed E-state index contributed by atoms with van der Waals surface area (Å²) in [6.07, 6.45) is 3.18. The number of anilines is 1. The average molecular weight is 219 g/mol. The molecule has 1 unspecified atom stereocenters. The molecule has 0 spiro atoms. The summed E-state index contributed by atoms with van der Waals surface area (Å²) in [6, 6.07) is 8.01. The Kier molecular flexibility index (Phi) is 3.44. The predicted molar refractivity (Wildman–Crippen MR) is 64.0 cm³/mol. The molecule has 0 saturated carbocycles. The lowest BCUT2D eigenvalue weighted by Gasteiger charge is -2.32. The van der Waals surface area contributed by atoms with Crippen LogP contribution in [0.4, 0.5) is 5.69 Å². The van der Waals surface area contributed by atoms with E-state index in [9.17, 15) is 4.79 Å². The van der Waals surface area contributed by atoms with Crippen LogP contribution in [0.3, 0.4) is 0 Å². The summed E-state index contributed by atoms with van der Waals surface area (Å²) >= 11 is 0. The van der Waals surface area contributed by atoms with Crippen LogP contribution in [-0.4, -0.2) is 26.5 Å². The van der Waals surface area contributed by atoms with Gasteiger partial charge in [0.25, 0.3) is 0 Å². The zero-order chi connectivity index (χ0) is 11.4. The molecule has 0 amide bonds. The van der Waals surface area contributed by atoms with Crippen molar-refractivity contribution in [1.29, 1.82) is 0 Å². The highest BCUT2D eigenvalue weighted by molar-refractivity contribution is 5.58. The molecule has 0 N–H and O–H groups in total. The Hall–Kier alpha value is -1.51. The molecule has 0 aromatic heterocycles.